The average molecular weight is 378 g/mol. The van der Waals surface area contributed by atoms with Gasteiger partial charge in [0, 0.05) is 6.54 Å². The van der Waals surface area contributed by atoms with Crippen molar-refractivity contribution in [2.75, 3.05) is 17.1 Å². The molecule has 26 heavy (non-hydrogen) atoms. The first-order valence-corrected chi connectivity index (χ1v) is 10.1. The molecule has 2 atom stereocenters. The number of carbonyl (C=O) groups excluding carboxylic acids is 1. The van der Waals surface area contributed by atoms with Gasteiger partial charge in [0.1, 0.15) is 11.9 Å². The topological polar surface area (TPSA) is 66.5 Å². The highest BCUT2D eigenvalue weighted by Gasteiger charge is 2.29. The van der Waals surface area contributed by atoms with E-state index in [9.17, 15) is 17.6 Å². The highest BCUT2D eigenvalue weighted by Crippen LogP contribution is 2.21. The molecule has 2 aromatic rings. The van der Waals surface area contributed by atoms with E-state index in [-0.39, 0.29) is 11.6 Å². The van der Waals surface area contributed by atoms with E-state index in [4.69, 9.17) is 0 Å². The van der Waals surface area contributed by atoms with Gasteiger partial charge in [0.15, 0.2) is 0 Å². The number of hydrogen-bond donors (Lipinski definition) is 1. The van der Waals surface area contributed by atoms with E-state index < -0.39 is 27.8 Å². The van der Waals surface area contributed by atoms with Gasteiger partial charge in [-0.15, -0.1) is 0 Å². The average Bonchev–Trinajstić information content (AvgIpc) is 2.60. The molecule has 1 amide bonds. The molecule has 0 heterocycles. The minimum Gasteiger partial charge on any atom is -0.354 e. The molecule has 0 bridgehead atoms. The summed E-state index contributed by atoms with van der Waals surface area (Å²) in [6.45, 7) is 3.87. The Bertz CT molecular complexity index is 839. The molecule has 7 heteroatoms. The van der Waals surface area contributed by atoms with Crippen molar-refractivity contribution in [3.05, 3.63) is 66.0 Å². The van der Waals surface area contributed by atoms with E-state index >= 15 is 0 Å². The maximum absolute atomic E-state index is 13.1. The lowest BCUT2D eigenvalue weighted by atomic mass is 10.0. The molecule has 0 radical (unpaired) electrons. The molecule has 140 valence electrons. The van der Waals surface area contributed by atoms with Crippen LogP contribution in [0, 0.1) is 5.82 Å². The molecule has 0 unspecified atom stereocenters. The SMILES string of the molecule is C[C@H](C(=O)NC[C@H](C)c1ccccc1)N(c1ccc(F)cc1)S(C)(=O)=O. The van der Waals surface area contributed by atoms with Gasteiger partial charge in [0.25, 0.3) is 0 Å². The van der Waals surface area contributed by atoms with Crippen LogP contribution in [0.15, 0.2) is 54.6 Å². The fourth-order valence-electron chi connectivity index (χ4n) is 2.70. The first kappa shape index (κ1) is 19.9. The predicted molar refractivity (Wildman–Crippen MR) is 101 cm³/mol. The maximum atomic E-state index is 13.1. The number of anilines is 1. The molecular weight excluding hydrogens is 355 g/mol. The van der Waals surface area contributed by atoms with Crippen molar-refractivity contribution in [3.63, 3.8) is 0 Å². The summed E-state index contributed by atoms with van der Waals surface area (Å²) in [7, 11) is -3.72. The molecule has 0 aliphatic rings. The third kappa shape index (κ3) is 5.05. The number of hydrogen-bond acceptors (Lipinski definition) is 3. The van der Waals surface area contributed by atoms with Crippen LogP contribution >= 0.6 is 0 Å². The molecule has 0 aromatic heterocycles. The third-order valence-corrected chi connectivity index (χ3v) is 5.36. The number of carbonyl (C=O) groups is 1. The van der Waals surface area contributed by atoms with Crippen LogP contribution in [0.25, 0.3) is 0 Å². The lowest BCUT2D eigenvalue weighted by Crippen LogP contribution is -2.48. The molecule has 2 aromatic carbocycles. The van der Waals surface area contributed by atoms with Crippen LogP contribution in [0.3, 0.4) is 0 Å². The monoisotopic (exact) mass is 378 g/mol. The van der Waals surface area contributed by atoms with Crippen LogP contribution in [0.2, 0.25) is 0 Å². The summed E-state index contributed by atoms with van der Waals surface area (Å²) in [6, 6.07) is 13.8. The predicted octanol–water partition coefficient (Wildman–Crippen LogP) is 2.90. The fourth-order valence-corrected chi connectivity index (χ4v) is 3.87. The van der Waals surface area contributed by atoms with Gasteiger partial charge >= 0.3 is 0 Å². The van der Waals surface area contributed by atoms with Gasteiger partial charge in [-0.25, -0.2) is 12.8 Å². The lowest BCUT2D eigenvalue weighted by Gasteiger charge is -2.28. The van der Waals surface area contributed by atoms with Crippen LogP contribution in [0.5, 0.6) is 0 Å². The Labute approximate surface area is 153 Å². The lowest BCUT2D eigenvalue weighted by molar-refractivity contribution is -0.121. The van der Waals surface area contributed by atoms with Crippen molar-refractivity contribution in [1.29, 1.82) is 0 Å². The molecule has 0 fully saturated rings. The van der Waals surface area contributed by atoms with Crippen molar-refractivity contribution < 1.29 is 17.6 Å². The van der Waals surface area contributed by atoms with Crippen molar-refractivity contribution in [3.8, 4) is 0 Å². The van der Waals surface area contributed by atoms with Gasteiger partial charge in [-0.05, 0) is 42.7 Å². The Kier molecular flexibility index (Phi) is 6.37. The maximum Gasteiger partial charge on any atom is 0.243 e. The summed E-state index contributed by atoms with van der Waals surface area (Å²) in [5.41, 5.74) is 1.33. The first-order valence-electron chi connectivity index (χ1n) is 8.27. The molecule has 0 spiro atoms. The van der Waals surface area contributed by atoms with Crippen LogP contribution in [0.1, 0.15) is 25.3 Å². The molecule has 0 aliphatic heterocycles. The third-order valence-electron chi connectivity index (χ3n) is 4.12. The van der Waals surface area contributed by atoms with Crippen molar-refractivity contribution >= 4 is 21.6 Å². The van der Waals surface area contributed by atoms with E-state index in [2.05, 4.69) is 5.32 Å². The summed E-state index contributed by atoms with van der Waals surface area (Å²) < 4.78 is 38.5. The summed E-state index contributed by atoms with van der Waals surface area (Å²) >= 11 is 0. The Balaban J connectivity index is 2.11. The Hall–Kier alpha value is -2.41. The van der Waals surface area contributed by atoms with Gasteiger partial charge in [0.05, 0.1) is 11.9 Å². The normalized spacial score (nSPS) is 13.7. The summed E-state index contributed by atoms with van der Waals surface area (Å²) in [5, 5.41) is 2.80. The minimum atomic E-state index is -3.72. The Morgan fingerprint density at radius 2 is 1.65 bits per heavy atom. The smallest absolute Gasteiger partial charge is 0.243 e. The largest absolute Gasteiger partial charge is 0.354 e. The van der Waals surface area contributed by atoms with E-state index in [1.54, 1.807) is 0 Å². The number of benzene rings is 2. The molecule has 0 saturated heterocycles. The quantitative estimate of drug-likeness (QED) is 0.806. The molecule has 1 N–H and O–H groups in total. The molecule has 0 saturated carbocycles. The van der Waals surface area contributed by atoms with Crippen LogP contribution in [-0.4, -0.2) is 33.2 Å². The number of nitrogens with one attached hydrogen (secondary N) is 1. The molecular formula is C19H23FN2O3S. The summed E-state index contributed by atoms with van der Waals surface area (Å²) in [5.74, 6) is -0.802. The second kappa shape index (κ2) is 8.31. The Morgan fingerprint density at radius 3 is 2.19 bits per heavy atom. The number of sulfonamides is 1. The van der Waals surface area contributed by atoms with Gasteiger partial charge in [-0.3, -0.25) is 9.10 Å². The number of rotatable bonds is 7. The summed E-state index contributed by atoms with van der Waals surface area (Å²) in [6.07, 6.45) is 1.02. The second-order valence-electron chi connectivity index (χ2n) is 6.27. The first-order chi connectivity index (χ1) is 12.2. The van der Waals surface area contributed by atoms with E-state index in [0.29, 0.717) is 6.54 Å². The van der Waals surface area contributed by atoms with Crippen LogP contribution < -0.4 is 9.62 Å². The summed E-state index contributed by atoms with van der Waals surface area (Å²) in [4.78, 5) is 12.5. The van der Waals surface area contributed by atoms with Gasteiger partial charge in [-0.2, -0.15) is 0 Å². The van der Waals surface area contributed by atoms with E-state index in [0.717, 1.165) is 28.3 Å². The number of halogens is 1. The zero-order valence-corrected chi connectivity index (χ0v) is 15.8. The fraction of sp³-hybridized carbons (Fsp3) is 0.316. The number of amides is 1. The van der Waals surface area contributed by atoms with Crippen LogP contribution in [-0.2, 0) is 14.8 Å². The van der Waals surface area contributed by atoms with Crippen molar-refractivity contribution in [2.24, 2.45) is 0 Å². The van der Waals surface area contributed by atoms with Gasteiger partial charge < -0.3 is 5.32 Å². The second-order valence-corrected chi connectivity index (χ2v) is 8.13. The molecule has 2 rings (SSSR count). The van der Waals surface area contributed by atoms with E-state index in [1.165, 1.54) is 19.1 Å². The van der Waals surface area contributed by atoms with Crippen LogP contribution in [0.4, 0.5) is 10.1 Å². The van der Waals surface area contributed by atoms with Gasteiger partial charge in [0.2, 0.25) is 15.9 Å². The highest BCUT2D eigenvalue weighted by atomic mass is 32.2. The van der Waals surface area contributed by atoms with Crippen molar-refractivity contribution in [1.82, 2.24) is 5.32 Å². The van der Waals surface area contributed by atoms with Crippen molar-refractivity contribution in [2.45, 2.75) is 25.8 Å². The van der Waals surface area contributed by atoms with E-state index in [1.807, 2.05) is 37.3 Å². The zero-order valence-electron chi connectivity index (χ0n) is 15.0. The molecule has 5 nitrogen and oxygen atoms in total. The minimum absolute atomic E-state index is 0.0878. The zero-order chi connectivity index (χ0) is 19.3. The van der Waals surface area contributed by atoms with Gasteiger partial charge in [-0.1, -0.05) is 37.3 Å². The Morgan fingerprint density at radius 1 is 1.08 bits per heavy atom. The number of nitrogens with zero attached hydrogens (tertiary/aromatic N) is 1. The standard InChI is InChI=1S/C19H23FN2O3S/c1-14(16-7-5-4-6-8-16)13-21-19(23)15(2)22(26(3,24)25)18-11-9-17(20)10-12-18/h4-12,14-15H,13H2,1-3H3,(H,21,23)/t14-,15+/m0/s1. The highest BCUT2D eigenvalue weighted by molar-refractivity contribution is 7.92. The molecule has 0 aliphatic carbocycles.